The Morgan fingerprint density at radius 2 is 1.48 bits per heavy atom. The first-order chi connectivity index (χ1) is 12.1. The number of fused-ring (bicyclic) bond motifs is 2. The van der Waals surface area contributed by atoms with Crippen molar-refractivity contribution in [2.75, 3.05) is 24.5 Å². The molecule has 2 amide bonds. The Balaban J connectivity index is 1.98. The van der Waals surface area contributed by atoms with Crippen LogP contribution in [0.5, 0.6) is 0 Å². The lowest BCUT2D eigenvalue weighted by Crippen LogP contribution is -2.42. The van der Waals surface area contributed by atoms with Gasteiger partial charge < -0.3 is 5.73 Å². The first-order valence-electron chi connectivity index (χ1n) is 8.59. The van der Waals surface area contributed by atoms with Crippen LogP contribution in [0.4, 0.5) is 11.4 Å². The van der Waals surface area contributed by atoms with Gasteiger partial charge in [0.2, 0.25) is 11.8 Å². The molecular weight excluding hydrogens is 314 g/mol. The highest BCUT2D eigenvalue weighted by atomic mass is 16.2. The Morgan fingerprint density at radius 3 is 1.96 bits per heavy atom. The van der Waals surface area contributed by atoms with Gasteiger partial charge in [-0.1, -0.05) is 43.3 Å². The zero-order valence-electron chi connectivity index (χ0n) is 14.4. The van der Waals surface area contributed by atoms with Gasteiger partial charge in [0, 0.05) is 0 Å². The number of benzene rings is 2. The van der Waals surface area contributed by atoms with E-state index in [9.17, 15) is 9.59 Å². The fourth-order valence-electron chi connectivity index (χ4n) is 3.31. The van der Waals surface area contributed by atoms with E-state index < -0.39 is 5.91 Å². The van der Waals surface area contributed by atoms with Crippen LogP contribution in [0.15, 0.2) is 48.5 Å². The molecule has 2 aromatic carbocycles. The summed E-state index contributed by atoms with van der Waals surface area (Å²) < 4.78 is 0. The second kappa shape index (κ2) is 7.49. The highest BCUT2D eigenvalue weighted by Gasteiger charge is 2.26. The van der Waals surface area contributed by atoms with Gasteiger partial charge in [-0.2, -0.15) is 0 Å². The minimum atomic E-state index is -0.425. The topological polar surface area (TPSA) is 66.6 Å². The van der Waals surface area contributed by atoms with E-state index in [4.69, 9.17) is 5.73 Å². The van der Waals surface area contributed by atoms with E-state index in [2.05, 4.69) is 12.1 Å². The standard InChI is InChI=1S/C20H23N3O2/c1-2-22(13-19(21)24)14-20(25)23-17-9-5-3-7-15(17)11-12-16-8-4-6-10-18(16)23/h3-10H,2,11-14H2,1H3,(H2,21,24). The second-order valence-electron chi connectivity index (χ2n) is 6.26. The number of nitrogens with zero attached hydrogens (tertiary/aromatic N) is 2. The van der Waals surface area contributed by atoms with Crippen molar-refractivity contribution in [3.8, 4) is 0 Å². The number of carbonyl (C=O) groups excluding carboxylic acids is 2. The molecule has 1 heterocycles. The highest BCUT2D eigenvalue weighted by Crippen LogP contribution is 2.35. The molecule has 0 aliphatic carbocycles. The van der Waals surface area contributed by atoms with Crippen molar-refractivity contribution in [3.63, 3.8) is 0 Å². The van der Waals surface area contributed by atoms with Crippen molar-refractivity contribution < 1.29 is 9.59 Å². The Kier molecular flexibility index (Phi) is 5.14. The number of anilines is 2. The van der Waals surface area contributed by atoms with Crippen molar-refractivity contribution in [3.05, 3.63) is 59.7 Å². The second-order valence-corrected chi connectivity index (χ2v) is 6.26. The summed E-state index contributed by atoms with van der Waals surface area (Å²) in [6.45, 7) is 2.74. The van der Waals surface area contributed by atoms with Crippen LogP contribution in [0.3, 0.4) is 0 Å². The summed E-state index contributed by atoms with van der Waals surface area (Å²) in [4.78, 5) is 28.0. The largest absolute Gasteiger partial charge is 0.369 e. The third kappa shape index (κ3) is 3.72. The first kappa shape index (κ1) is 17.2. The van der Waals surface area contributed by atoms with E-state index in [0.29, 0.717) is 6.54 Å². The summed E-state index contributed by atoms with van der Waals surface area (Å²) in [7, 11) is 0. The third-order valence-electron chi connectivity index (χ3n) is 4.56. The van der Waals surface area contributed by atoms with E-state index >= 15 is 0 Å². The molecule has 0 bridgehead atoms. The van der Waals surface area contributed by atoms with Gasteiger partial charge in [0.05, 0.1) is 24.5 Å². The first-order valence-corrected chi connectivity index (χ1v) is 8.59. The Morgan fingerprint density at radius 1 is 0.960 bits per heavy atom. The normalized spacial score (nSPS) is 13.1. The van der Waals surface area contributed by atoms with Crippen molar-refractivity contribution in [2.45, 2.75) is 19.8 Å². The summed E-state index contributed by atoms with van der Waals surface area (Å²) in [5.41, 5.74) is 9.46. The number of primary amides is 1. The number of nitrogens with two attached hydrogens (primary N) is 1. The molecule has 25 heavy (non-hydrogen) atoms. The average molecular weight is 337 g/mol. The van der Waals surface area contributed by atoms with Crippen molar-refractivity contribution in [1.82, 2.24) is 4.90 Å². The van der Waals surface area contributed by atoms with Crippen LogP contribution in [0, 0.1) is 0 Å². The molecule has 0 atom stereocenters. The van der Waals surface area contributed by atoms with Crippen LogP contribution in [-0.2, 0) is 22.4 Å². The molecule has 0 spiro atoms. The molecule has 0 fully saturated rings. The van der Waals surface area contributed by atoms with Crippen molar-refractivity contribution >= 4 is 23.2 Å². The highest BCUT2D eigenvalue weighted by molar-refractivity contribution is 6.03. The number of hydrogen-bond acceptors (Lipinski definition) is 3. The van der Waals surface area contributed by atoms with E-state index in [0.717, 1.165) is 35.3 Å². The third-order valence-corrected chi connectivity index (χ3v) is 4.56. The average Bonchev–Trinajstić information content (AvgIpc) is 2.77. The Labute approximate surface area is 148 Å². The quantitative estimate of drug-likeness (QED) is 0.910. The molecule has 2 N–H and O–H groups in total. The maximum Gasteiger partial charge on any atom is 0.245 e. The molecule has 130 valence electrons. The van der Waals surface area contributed by atoms with Crippen molar-refractivity contribution in [1.29, 1.82) is 0 Å². The van der Waals surface area contributed by atoms with Crippen molar-refractivity contribution in [2.24, 2.45) is 5.73 Å². The molecule has 2 aromatic rings. The van der Waals surface area contributed by atoms with Gasteiger partial charge in [0.15, 0.2) is 0 Å². The number of likely N-dealkylation sites (N-methyl/N-ethyl adjacent to an activating group) is 1. The monoisotopic (exact) mass is 337 g/mol. The Bertz CT molecular complexity index is 741. The maximum atomic E-state index is 13.2. The van der Waals surface area contributed by atoms with Crippen LogP contribution in [0.2, 0.25) is 0 Å². The lowest BCUT2D eigenvalue weighted by molar-refractivity contribution is -0.121. The lowest BCUT2D eigenvalue weighted by atomic mass is 10.0. The maximum absolute atomic E-state index is 13.2. The molecule has 3 rings (SSSR count). The van der Waals surface area contributed by atoms with Gasteiger partial charge in [-0.15, -0.1) is 0 Å². The molecule has 0 unspecified atom stereocenters. The van der Waals surface area contributed by atoms with E-state index in [1.54, 1.807) is 9.80 Å². The summed E-state index contributed by atoms with van der Waals surface area (Å²) in [6.07, 6.45) is 1.80. The van der Waals surface area contributed by atoms with Crippen LogP contribution >= 0.6 is 0 Å². The van der Waals surface area contributed by atoms with E-state index in [1.807, 2.05) is 43.3 Å². The van der Waals surface area contributed by atoms with Crippen LogP contribution in [-0.4, -0.2) is 36.3 Å². The minimum absolute atomic E-state index is 0.0510. The molecule has 5 nitrogen and oxygen atoms in total. The van der Waals surface area contributed by atoms with Gasteiger partial charge >= 0.3 is 0 Å². The number of hydrogen-bond donors (Lipinski definition) is 1. The SMILES string of the molecule is CCN(CC(N)=O)CC(=O)N1c2ccccc2CCc2ccccc21. The summed E-state index contributed by atoms with van der Waals surface area (Å²) in [6, 6.07) is 16.0. The number of rotatable bonds is 5. The Hall–Kier alpha value is -2.66. The number of carbonyl (C=O) groups is 2. The summed E-state index contributed by atoms with van der Waals surface area (Å²) in [5.74, 6) is -0.476. The molecule has 0 aromatic heterocycles. The molecule has 0 saturated heterocycles. The lowest BCUT2D eigenvalue weighted by Gasteiger charge is -2.28. The molecule has 5 heteroatoms. The smallest absolute Gasteiger partial charge is 0.245 e. The van der Waals surface area contributed by atoms with Gasteiger partial charge in [-0.3, -0.25) is 19.4 Å². The van der Waals surface area contributed by atoms with Gasteiger partial charge in [-0.05, 0) is 42.6 Å². The van der Waals surface area contributed by atoms with Gasteiger partial charge in [0.25, 0.3) is 0 Å². The molecular formula is C20H23N3O2. The predicted octanol–water partition coefficient (Wildman–Crippen LogP) is 2.26. The van der Waals surface area contributed by atoms with Crippen LogP contribution in [0.25, 0.3) is 0 Å². The number of amides is 2. The molecule has 0 saturated carbocycles. The fourth-order valence-corrected chi connectivity index (χ4v) is 3.31. The van der Waals surface area contributed by atoms with Crippen LogP contribution in [0.1, 0.15) is 18.1 Å². The summed E-state index contributed by atoms with van der Waals surface area (Å²) >= 11 is 0. The summed E-state index contributed by atoms with van der Waals surface area (Å²) in [5, 5.41) is 0. The molecule has 1 aliphatic heterocycles. The van der Waals surface area contributed by atoms with Crippen LogP contribution < -0.4 is 10.6 Å². The van der Waals surface area contributed by atoms with Gasteiger partial charge in [0.1, 0.15) is 0 Å². The molecule has 1 aliphatic rings. The molecule has 0 radical (unpaired) electrons. The number of aryl methyl sites for hydroxylation is 2. The van der Waals surface area contributed by atoms with E-state index in [-0.39, 0.29) is 19.0 Å². The van der Waals surface area contributed by atoms with E-state index in [1.165, 1.54) is 0 Å². The zero-order valence-corrected chi connectivity index (χ0v) is 14.4. The van der Waals surface area contributed by atoms with Gasteiger partial charge in [-0.25, -0.2) is 0 Å². The minimum Gasteiger partial charge on any atom is -0.369 e. The predicted molar refractivity (Wildman–Crippen MR) is 98.7 cm³/mol. The fraction of sp³-hybridized carbons (Fsp3) is 0.300. The zero-order chi connectivity index (χ0) is 17.8. The number of para-hydroxylation sites is 2.